The standard InChI is InChI=1S/C16H23N2O6/c1-11-5-12(8-17-7-11)10-23-18-3-2-4-22-16-14(21)6-13(20)15(9-19)24-16/h5-8,15-16,18-21H,2-4,9-10H2,1H3/p+1/t15?,16-/m0/s1. The van der Waals surface area contributed by atoms with Gasteiger partial charge >= 0.3 is 0 Å². The topological polar surface area (TPSA) is 115 Å². The zero-order chi connectivity index (χ0) is 17.4. The Bertz CT molecular complexity index is 539. The molecule has 5 N–H and O–H groups in total. The predicted octanol–water partition coefficient (Wildman–Crippen LogP) is 0.301. The molecule has 0 fully saturated rings. The normalized spacial score (nSPS) is 21.7. The Balaban J connectivity index is 1.57. The van der Waals surface area contributed by atoms with Gasteiger partial charge in [-0.3, -0.25) is 4.84 Å². The molecule has 0 amide bonds. The average Bonchev–Trinajstić information content (AvgIpc) is 2.55. The molecule has 0 saturated heterocycles. The van der Waals surface area contributed by atoms with Crippen molar-refractivity contribution in [3.05, 3.63) is 47.5 Å². The molecule has 2 rings (SSSR count). The van der Waals surface area contributed by atoms with Gasteiger partial charge in [0.15, 0.2) is 12.4 Å². The third-order valence-electron chi connectivity index (χ3n) is 3.35. The molecule has 0 aromatic carbocycles. The van der Waals surface area contributed by atoms with E-state index in [4.69, 9.17) is 19.4 Å². The molecule has 1 radical (unpaired) electrons. The van der Waals surface area contributed by atoms with E-state index in [1.54, 1.807) is 0 Å². The third kappa shape index (κ3) is 5.82. The van der Waals surface area contributed by atoms with E-state index >= 15 is 0 Å². The van der Waals surface area contributed by atoms with Crippen LogP contribution in [0.25, 0.3) is 0 Å². The minimum absolute atomic E-state index is 0.224. The van der Waals surface area contributed by atoms with Crippen molar-refractivity contribution in [2.24, 2.45) is 0 Å². The van der Waals surface area contributed by atoms with Gasteiger partial charge in [0, 0.05) is 17.7 Å². The molecule has 8 nitrogen and oxygen atoms in total. The van der Waals surface area contributed by atoms with Gasteiger partial charge < -0.3 is 24.8 Å². The fourth-order valence-corrected chi connectivity index (χ4v) is 2.14. The summed E-state index contributed by atoms with van der Waals surface area (Å²) in [5.74, 6) is -0.225. The van der Waals surface area contributed by atoms with Crippen LogP contribution in [0.3, 0.4) is 0 Å². The van der Waals surface area contributed by atoms with E-state index < -0.39 is 12.4 Å². The van der Waals surface area contributed by atoms with Crippen molar-refractivity contribution in [1.29, 1.82) is 0 Å². The van der Waals surface area contributed by atoms with Crippen molar-refractivity contribution < 1.29 is 34.6 Å². The number of H-pyrrole nitrogens is 1. The summed E-state index contributed by atoms with van der Waals surface area (Å²) >= 11 is 0. The first kappa shape index (κ1) is 18.8. The van der Waals surface area contributed by atoms with Crippen LogP contribution in [0.5, 0.6) is 0 Å². The molecular formula is C16H24N2O6+. The Morgan fingerprint density at radius 1 is 1.33 bits per heavy atom. The number of ether oxygens (including phenoxy) is 2. The smallest absolute Gasteiger partial charge is 0.216 e. The van der Waals surface area contributed by atoms with Gasteiger partial charge in [-0.2, -0.15) is 0 Å². The first-order valence-corrected chi connectivity index (χ1v) is 7.75. The second-order valence-corrected chi connectivity index (χ2v) is 5.46. The summed E-state index contributed by atoms with van der Waals surface area (Å²) < 4.78 is 10.6. The molecule has 24 heavy (non-hydrogen) atoms. The maximum atomic E-state index is 9.65. The van der Waals surface area contributed by atoms with Crippen LogP contribution in [0.15, 0.2) is 30.3 Å². The zero-order valence-electron chi connectivity index (χ0n) is 13.6. The highest BCUT2D eigenvalue weighted by Crippen LogP contribution is 2.23. The molecule has 8 heteroatoms. The Morgan fingerprint density at radius 2 is 2.17 bits per heavy atom. The summed E-state index contributed by atoms with van der Waals surface area (Å²) in [5, 5.41) is 28.1. The summed E-state index contributed by atoms with van der Waals surface area (Å²) in [6.45, 7) is 2.94. The lowest BCUT2D eigenvalue weighted by atomic mass is 10.1. The van der Waals surface area contributed by atoms with Gasteiger partial charge in [0.25, 0.3) is 0 Å². The molecule has 1 aliphatic heterocycles. The van der Waals surface area contributed by atoms with Crippen LogP contribution in [0.4, 0.5) is 0 Å². The number of aromatic amines is 1. The largest absolute Gasteiger partial charge is 0.507 e. The lowest BCUT2D eigenvalue weighted by Crippen LogP contribution is -2.37. The van der Waals surface area contributed by atoms with Crippen LogP contribution in [-0.2, 0) is 20.9 Å². The summed E-state index contributed by atoms with van der Waals surface area (Å²) in [5.41, 5.74) is 5.00. The number of pyridine rings is 1. The maximum Gasteiger partial charge on any atom is 0.216 e. The molecule has 0 aliphatic carbocycles. The Hall–Kier alpha value is -1.55. The van der Waals surface area contributed by atoms with Crippen LogP contribution < -0.4 is 10.5 Å². The van der Waals surface area contributed by atoms with Gasteiger partial charge in [-0.1, -0.05) is 0 Å². The number of nitrogens with one attached hydrogen (secondary N) is 2. The van der Waals surface area contributed by atoms with E-state index in [0.717, 1.165) is 17.2 Å². The second-order valence-electron chi connectivity index (χ2n) is 5.46. The number of rotatable bonds is 9. The van der Waals surface area contributed by atoms with Crippen LogP contribution in [0, 0.1) is 13.0 Å². The van der Waals surface area contributed by atoms with Crippen LogP contribution in [-0.4, -0.2) is 47.5 Å². The minimum atomic E-state index is -0.984. The molecular weight excluding hydrogens is 316 g/mol. The van der Waals surface area contributed by atoms with Crippen LogP contribution in [0.2, 0.25) is 0 Å². The highest BCUT2D eigenvalue weighted by atomic mass is 16.7. The number of aryl methyl sites for hydroxylation is 1. The van der Waals surface area contributed by atoms with E-state index in [1.807, 2.05) is 25.4 Å². The van der Waals surface area contributed by atoms with E-state index in [-0.39, 0.29) is 18.5 Å². The molecule has 2 heterocycles. The lowest BCUT2D eigenvalue weighted by Gasteiger charge is -2.29. The number of aromatic nitrogens is 1. The van der Waals surface area contributed by atoms with E-state index in [1.165, 1.54) is 0 Å². The summed E-state index contributed by atoms with van der Waals surface area (Å²) in [6, 6.07) is 2.03. The van der Waals surface area contributed by atoms with E-state index in [9.17, 15) is 10.2 Å². The SMILES string of the molecule is Cc1c[nH+]cc(CONCCCO[C@H]2OC(CO)[C](O)C=C2O)c1. The van der Waals surface area contributed by atoms with Crippen LogP contribution in [0.1, 0.15) is 17.5 Å². The number of hydroxylamine groups is 1. The monoisotopic (exact) mass is 340 g/mol. The lowest BCUT2D eigenvalue weighted by molar-refractivity contribution is -0.379. The molecule has 1 unspecified atom stereocenters. The highest BCUT2D eigenvalue weighted by Gasteiger charge is 2.31. The van der Waals surface area contributed by atoms with Gasteiger partial charge in [-0.25, -0.2) is 10.5 Å². The van der Waals surface area contributed by atoms with Crippen LogP contribution >= 0.6 is 0 Å². The van der Waals surface area contributed by atoms with Gasteiger partial charge in [0.1, 0.15) is 18.0 Å². The van der Waals surface area contributed by atoms with Gasteiger partial charge in [-0.15, -0.1) is 0 Å². The minimum Gasteiger partial charge on any atom is -0.507 e. The molecule has 0 saturated carbocycles. The Kier molecular flexibility index (Phi) is 7.57. The number of aliphatic hydroxyl groups is 3. The quantitative estimate of drug-likeness (QED) is 0.377. The van der Waals surface area contributed by atoms with E-state index in [2.05, 4.69) is 10.5 Å². The zero-order valence-corrected chi connectivity index (χ0v) is 13.6. The first-order chi connectivity index (χ1) is 11.6. The first-order valence-electron chi connectivity index (χ1n) is 7.75. The molecule has 0 spiro atoms. The molecule has 1 aromatic heterocycles. The van der Waals surface area contributed by atoms with Crippen molar-refractivity contribution in [3.63, 3.8) is 0 Å². The van der Waals surface area contributed by atoms with Crippen molar-refractivity contribution in [2.45, 2.75) is 32.3 Å². The Labute approximate surface area is 140 Å². The van der Waals surface area contributed by atoms with Crippen molar-refractivity contribution in [1.82, 2.24) is 5.48 Å². The molecule has 1 aromatic rings. The number of aliphatic hydroxyl groups excluding tert-OH is 3. The fourth-order valence-electron chi connectivity index (χ4n) is 2.14. The summed E-state index contributed by atoms with van der Waals surface area (Å²) in [7, 11) is 0. The second kappa shape index (κ2) is 9.67. The summed E-state index contributed by atoms with van der Waals surface area (Å²) in [4.78, 5) is 8.38. The fraction of sp³-hybridized carbons (Fsp3) is 0.500. The number of hydrogen-bond donors (Lipinski definition) is 4. The average molecular weight is 340 g/mol. The predicted molar refractivity (Wildman–Crippen MR) is 82.7 cm³/mol. The van der Waals surface area contributed by atoms with E-state index in [0.29, 0.717) is 26.2 Å². The van der Waals surface area contributed by atoms with Gasteiger partial charge in [-0.05, 0) is 25.5 Å². The van der Waals surface area contributed by atoms with Crippen molar-refractivity contribution in [2.75, 3.05) is 19.8 Å². The Morgan fingerprint density at radius 3 is 2.92 bits per heavy atom. The highest BCUT2D eigenvalue weighted by molar-refractivity contribution is 5.15. The third-order valence-corrected chi connectivity index (χ3v) is 3.35. The van der Waals surface area contributed by atoms with Crippen molar-refractivity contribution >= 4 is 0 Å². The maximum absolute atomic E-state index is 9.65. The number of hydrogen-bond acceptors (Lipinski definition) is 7. The molecule has 133 valence electrons. The van der Waals surface area contributed by atoms with Gasteiger partial charge in [0.2, 0.25) is 6.29 Å². The van der Waals surface area contributed by atoms with Crippen molar-refractivity contribution in [3.8, 4) is 0 Å². The summed E-state index contributed by atoms with van der Waals surface area (Å²) in [6.07, 6.45) is 3.46. The van der Waals surface area contributed by atoms with Gasteiger partial charge in [0.05, 0.1) is 19.8 Å². The molecule has 0 bridgehead atoms. The molecule has 2 atom stereocenters. The molecule has 1 aliphatic rings.